The standard InChI is InChI=1S/C26H25NO4S/c1-27(16-18-10-7-9-17-8-5-6-11-19(17)18)26(28)23-15-14-22(32-23)20-12-13-21(29-2)25(31-4)24(20)30-3/h5-15H,16H2,1-4H3. The SMILES string of the molecule is COc1ccc(-c2ccc(C(=O)N(C)Cc3cccc4ccccc34)s2)c(OC)c1OC. The highest BCUT2D eigenvalue weighted by Crippen LogP contribution is 2.45. The summed E-state index contributed by atoms with van der Waals surface area (Å²) in [5.74, 6) is 1.68. The second-order valence-corrected chi connectivity index (χ2v) is 8.43. The van der Waals surface area contributed by atoms with Gasteiger partial charge >= 0.3 is 0 Å². The van der Waals surface area contributed by atoms with Crippen molar-refractivity contribution in [3.05, 3.63) is 77.2 Å². The summed E-state index contributed by atoms with van der Waals surface area (Å²) in [6.45, 7) is 0.535. The van der Waals surface area contributed by atoms with Gasteiger partial charge in [0, 0.05) is 24.0 Å². The van der Waals surface area contributed by atoms with Crippen LogP contribution in [0.4, 0.5) is 0 Å². The first-order valence-electron chi connectivity index (χ1n) is 10.2. The average Bonchev–Trinajstić information content (AvgIpc) is 3.32. The van der Waals surface area contributed by atoms with Gasteiger partial charge in [0.2, 0.25) is 5.75 Å². The Hall–Kier alpha value is -3.51. The van der Waals surface area contributed by atoms with E-state index < -0.39 is 0 Å². The van der Waals surface area contributed by atoms with Crippen LogP contribution in [-0.4, -0.2) is 39.2 Å². The molecule has 0 spiro atoms. The molecular formula is C26H25NO4S. The molecule has 1 amide bonds. The van der Waals surface area contributed by atoms with Gasteiger partial charge in [0.1, 0.15) is 0 Å². The summed E-state index contributed by atoms with van der Waals surface area (Å²) in [5, 5.41) is 2.33. The lowest BCUT2D eigenvalue weighted by Gasteiger charge is -2.18. The predicted octanol–water partition coefficient (Wildman–Crippen LogP) is 5.87. The summed E-state index contributed by atoms with van der Waals surface area (Å²) >= 11 is 1.43. The van der Waals surface area contributed by atoms with Gasteiger partial charge in [-0.05, 0) is 40.6 Å². The second-order valence-electron chi connectivity index (χ2n) is 7.35. The van der Waals surface area contributed by atoms with Crippen LogP contribution in [0.2, 0.25) is 0 Å². The summed E-state index contributed by atoms with van der Waals surface area (Å²) in [6.07, 6.45) is 0. The van der Waals surface area contributed by atoms with Gasteiger partial charge in [-0.2, -0.15) is 0 Å². The number of amides is 1. The Kier molecular flexibility index (Phi) is 6.32. The monoisotopic (exact) mass is 447 g/mol. The molecule has 0 saturated carbocycles. The minimum absolute atomic E-state index is 0.0198. The molecule has 0 N–H and O–H groups in total. The van der Waals surface area contributed by atoms with E-state index >= 15 is 0 Å². The number of hydrogen-bond acceptors (Lipinski definition) is 5. The maximum atomic E-state index is 13.2. The highest BCUT2D eigenvalue weighted by atomic mass is 32.1. The molecule has 6 heteroatoms. The van der Waals surface area contributed by atoms with Gasteiger partial charge in [-0.3, -0.25) is 4.79 Å². The molecule has 4 rings (SSSR count). The first kappa shape index (κ1) is 21.7. The van der Waals surface area contributed by atoms with Crippen LogP contribution < -0.4 is 14.2 Å². The third-order valence-corrected chi connectivity index (χ3v) is 6.53. The smallest absolute Gasteiger partial charge is 0.263 e. The molecule has 0 saturated heterocycles. The van der Waals surface area contributed by atoms with Gasteiger partial charge in [-0.1, -0.05) is 42.5 Å². The van der Waals surface area contributed by atoms with E-state index in [1.165, 1.54) is 16.7 Å². The Balaban J connectivity index is 1.60. The molecule has 0 radical (unpaired) electrons. The van der Waals surface area contributed by atoms with E-state index in [9.17, 15) is 4.79 Å². The lowest BCUT2D eigenvalue weighted by Crippen LogP contribution is -2.25. The molecule has 3 aromatic carbocycles. The van der Waals surface area contributed by atoms with Crippen molar-refractivity contribution in [3.63, 3.8) is 0 Å². The highest BCUT2D eigenvalue weighted by Gasteiger charge is 2.21. The maximum Gasteiger partial charge on any atom is 0.263 e. The molecule has 1 aromatic heterocycles. The van der Waals surface area contributed by atoms with Crippen molar-refractivity contribution >= 4 is 28.0 Å². The van der Waals surface area contributed by atoms with E-state index in [1.54, 1.807) is 26.2 Å². The van der Waals surface area contributed by atoms with Crippen LogP contribution in [0.5, 0.6) is 17.2 Å². The van der Waals surface area contributed by atoms with Crippen molar-refractivity contribution in [2.75, 3.05) is 28.4 Å². The fourth-order valence-electron chi connectivity index (χ4n) is 3.84. The normalized spacial score (nSPS) is 10.8. The van der Waals surface area contributed by atoms with Crippen LogP contribution in [0.1, 0.15) is 15.2 Å². The lowest BCUT2D eigenvalue weighted by molar-refractivity contribution is 0.0790. The quantitative estimate of drug-likeness (QED) is 0.356. The van der Waals surface area contributed by atoms with E-state index in [4.69, 9.17) is 14.2 Å². The van der Waals surface area contributed by atoms with Gasteiger partial charge in [0.25, 0.3) is 5.91 Å². The van der Waals surface area contributed by atoms with Gasteiger partial charge in [-0.15, -0.1) is 11.3 Å². The summed E-state index contributed by atoms with van der Waals surface area (Å²) in [5.41, 5.74) is 1.98. The Labute approximate surface area is 191 Å². The van der Waals surface area contributed by atoms with E-state index in [0.717, 1.165) is 21.4 Å². The van der Waals surface area contributed by atoms with Crippen molar-refractivity contribution in [1.29, 1.82) is 0 Å². The molecule has 32 heavy (non-hydrogen) atoms. The fraction of sp³-hybridized carbons (Fsp3) is 0.192. The van der Waals surface area contributed by atoms with Gasteiger partial charge in [0.05, 0.1) is 26.2 Å². The largest absolute Gasteiger partial charge is 0.493 e. The number of carbonyl (C=O) groups excluding carboxylic acids is 1. The maximum absolute atomic E-state index is 13.2. The number of ether oxygens (including phenoxy) is 3. The lowest BCUT2D eigenvalue weighted by atomic mass is 10.0. The third kappa shape index (κ3) is 4.01. The topological polar surface area (TPSA) is 48.0 Å². The first-order chi connectivity index (χ1) is 15.6. The zero-order chi connectivity index (χ0) is 22.7. The minimum Gasteiger partial charge on any atom is -0.493 e. The number of nitrogens with zero attached hydrogens (tertiary/aromatic N) is 1. The number of benzene rings is 3. The van der Waals surface area contributed by atoms with E-state index in [-0.39, 0.29) is 5.91 Å². The molecule has 5 nitrogen and oxygen atoms in total. The zero-order valence-corrected chi connectivity index (χ0v) is 19.4. The molecule has 0 aliphatic heterocycles. The molecule has 0 unspecified atom stereocenters. The van der Waals surface area contributed by atoms with Crippen LogP contribution >= 0.6 is 11.3 Å². The van der Waals surface area contributed by atoms with Crippen LogP contribution in [-0.2, 0) is 6.54 Å². The minimum atomic E-state index is -0.0198. The Morgan fingerprint density at radius 3 is 2.34 bits per heavy atom. The average molecular weight is 448 g/mol. The number of methoxy groups -OCH3 is 3. The number of thiophene rings is 1. The van der Waals surface area contributed by atoms with E-state index in [2.05, 4.69) is 24.3 Å². The summed E-state index contributed by atoms with van der Waals surface area (Å²) in [4.78, 5) is 16.5. The number of hydrogen-bond donors (Lipinski definition) is 0. The fourth-order valence-corrected chi connectivity index (χ4v) is 4.86. The Morgan fingerprint density at radius 2 is 1.59 bits per heavy atom. The van der Waals surface area contributed by atoms with Crippen LogP contribution in [0.3, 0.4) is 0 Å². The number of fused-ring (bicyclic) bond motifs is 1. The number of carbonyl (C=O) groups is 1. The van der Waals surface area contributed by atoms with Crippen LogP contribution in [0.25, 0.3) is 21.2 Å². The Morgan fingerprint density at radius 1 is 0.844 bits per heavy atom. The molecule has 0 aliphatic carbocycles. The Bertz CT molecular complexity index is 1260. The molecule has 1 heterocycles. The molecule has 0 fully saturated rings. The van der Waals surface area contributed by atoms with Crippen molar-refractivity contribution in [3.8, 4) is 27.7 Å². The predicted molar refractivity (Wildman–Crippen MR) is 129 cm³/mol. The van der Waals surface area contributed by atoms with Crippen LogP contribution in [0.15, 0.2) is 66.7 Å². The molecule has 0 aliphatic rings. The van der Waals surface area contributed by atoms with Gasteiger partial charge in [0.15, 0.2) is 11.5 Å². The number of rotatable bonds is 7. The highest BCUT2D eigenvalue weighted by molar-refractivity contribution is 7.17. The molecular weight excluding hydrogens is 422 g/mol. The zero-order valence-electron chi connectivity index (χ0n) is 18.5. The van der Waals surface area contributed by atoms with Crippen molar-refractivity contribution in [2.45, 2.75) is 6.54 Å². The second kappa shape index (κ2) is 9.32. The van der Waals surface area contributed by atoms with E-state index in [1.807, 2.05) is 49.5 Å². The molecule has 164 valence electrons. The van der Waals surface area contributed by atoms with Gasteiger partial charge < -0.3 is 19.1 Å². The third-order valence-electron chi connectivity index (χ3n) is 5.42. The van der Waals surface area contributed by atoms with Crippen molar-refractivity contribution in [2.24, 2.45) is 0 Å². The molecule has 0 atom stereocenters. The van der Waals surface area contributed by atoms with Crippen molar-refractivity contribution < 1.29 is 19.0 Å². The summed E-state index contributed by atoms with van der Waals surface area (Å²) in [6, 6.07) is 22.0. The summed E-state index contributed by atoms with van der Waals surface area (Å²) < 4.78 is 16.5. The van der Waals surface area contributed by atoms with Crippen molar-refractivity contribution in [1.82, 2.24) is 4.90 Å². The molecule has 4 aromatic rings. The first-order valence-corrected chi connectivity index (χ1v) is 11.0. The van der Waals surface area contributed by atoms with Crippen LogP contribution in [0, 0.1) is 0 Å². The van der Waals surface area contributed by atoms with E-state index in [0.29, 0.717) is 28.7 Å². The van der Waals surface area contributed by atoms with Gasteiger partial charge in [-0.25, -0.2) is 0 Å². The molecule has 0 bridgehead atoms. The summed E-state index contributed by atoms with van der Waals surface area (Å²) in [7, 11) is 6.60.